The standard InChI is InChI=1S/C21H34FN5O/c1-15(2)20(28)27-10-8-18(9-11-27)25-21(23-3)24-13-16-6-7-19(22)17(12-16)14-26(4)5/h6-7,12,15,18H,8-11,13-14H2,1-5H3,(H2,23,24,25). The number of nitrogens with zero attached hydrogens (tertiary/aromatic N) is 3. The van der Waals surface area contributed by atoms with E-state index in [1.807, 2.05) is 43.8 Å². The second-order valence-corrected chi connectivity index (χ2v) is 7.99. The fourth-order valence-corrected chi connectivity index (χ4v) is 3.38. The normalized spacial score (nSPS) is 16.0. The van der Waals surface area contributed by atoms with Gasteiger partial charge in [0.05, 0.1) is 0 Å². The molecular weight excluding hydrogens is 357 g/mol. The maximum Gasteiger partial charge on any atom is 0.225 e. The monoisotopic (exact) mass is 391 g/mol. The van der Waals surface area contributed by atoms with Crippen LogP contribution in [0.4, 0.5) is 4.39 Å². The highest BCUT2D eigenvalue weighted by Gasteiger charge is 2.24. The van der Waals surface area contributed by atoms with Crippen LogP contribution in [-0.4, -0.2) is 61.9 Å². The predicted octanol–water partition coefficient (Wildman–Crippen LogP) is 2.20. The third kappa shape index (κ3) is 6.48. The fraction of sp³-hybridized carbons (Fsp3) is 0.619. The molecule has 1 aliphatic heterocycles. The molecule has 0 spiro atoms. The lowest BCUT2D eigenvalue weighted by Crippen LogP contribution is -2.50. The molecule has 1 aromatic carbocycles. The Kier molecular flexibility index (Phi) is 8.23. The van der Waals surface area contributed by atoms with E-state index >= 15 is 0 Å². The minimum Gasteiger partial charge on any atom is -0.354 e. The number of hydrogen-bond donors (Lipinski definition) is 2. The van der Waals surface area contributed by atoms with E-state index in [0.717, 1.165) is 37.5 Å². The Morgan fingerprint density at radius 3 is 2.57 bits per heavy atom. The van der Waals surface area contributed by atoms with Gasteiger partial charge in [0.15, 0.2) is 5.96 Å². The SMILES string of the molecule is CN=C(NCc1ccc(F)c(CN(C)C)c1)NC1CCN(C(=O)C(C)C)CC1. The van der Waals surface area contributed by atoms with Crippen LogP contribution >= 0.6 is 0 Å². The van der Waals surface area contributed by atoms with Crippen LogP contribution < -0.4 is 10.6 Å². The summed E-state index contributed by atoms with van der Waals surface area (Å²) in [6.07, 6.45) is 1.81. The van der Waals surface area contributed by atoms with Gasteiger partial charge in [-0.25, -0.2) is 4.39 Å². The Morgan fingerprint density at radius 1 is 1.32 bits per heavy atom. The number of benzene rings is 1. The largest absolute Gasteiger partial charge is 0.354 e. The number of rotatable bonds is 6. The number of carbonyl (C=O) groups excluding carboxylic acids is 1. The molecule has 1 saturated heterocycles. The van der Waals surface area contributed by atoms with E-state index in [1.54, 1.807) is 13.1 Å². The van der Waals surface area contributed by atoms with Gasteiger partial charge in [0.25, 0.3) is 0 Å². The lowest BCUT2D eigenvalue weighted by atomic mass is 10.0. The van der Waals surface area contributed by atoms with Crippen molar-refractivity contribution < 1.29 is 9.18 Å². The van der Waals surface area contributed by atoms with Crippen molar-refractivity contribution >= 4 is 11.9 Å². The quantitative estimate of drug-likeness (QED) is 0.577. The number of likely N-dealkylation sites (tertiary alicyclic amines) is 1. The molecule has 156 valence electrons. The van der Waals surface area contributed by atoms with Crippen LogP contribution in [0.5, 0.6) is 0 Å². The minimum atomic E-state index is -0.178. The van der Waals surface area contributed by atoms with Crippen molar-refractivity contribution in [3.05, 3.63) is 35.1 Å². The summed E-state index contributed by atoms with van der Waals surface area (Å²) >= 11 is 0. The van der Waals surface area contributed by atoms with E-state index in [0.29, 0.717) is 24.7 Å². The molecule has 6 nitrogen and oxygen atoms in total. The molecule has 1 fully saturated rings. The average molecular weight is 392 g/mol. The summed E-state index contributed by atoms with van der Waals surface area (Å²) in [6, 6.07) is 5.50. The lowest BCUT2D eigenvalue weighted by molar-refractivity contribution is -0.135. The second kappa shape index (κ2) is 10.4. The van der Waals surface area contributed by atoms with Gasteiger partial charge in [0.1, 0.15) is 5.82 Å². The van der Waals surface area contributed by atoms with Crippen molar-refractivity contribution in [3.8, 4) is 0 Å². The van der Waals surface area contributed by atoms with Crippen LogP contribution in [0.1, 0.15) is 37.8 Å². The van der Waals surface area contributed by atoms with Crippen LogP contribution in [-0.2, 0) is 17.9 Å². The zero-order chi connectivity index (χ0) is 20.7. The van der Waals surface area contributed by atoms with Crippen LogP contribution in [0.2, 0.25) is 0 Å². The molecule has 0 bridgehead atoms. The number of guanidine groups is 1. The van der Waals surface area contributed by atoms with Gasteiger partial charge in [-0.15, -0.1) is 0 Å². The van der Waals surface area contributed by atoms with Gasteiger partial charge in [-0.3, -0.25) is 9.79 Å². The number of aliphatic imine (C=N–C) groups is 1. The molecule has 0 atom stereocenters. The van der Waals surface area contributed by atoms with Crippen molar-refractivity contribution in [2.75, 3.05) is 34.2 Å². The van der Waals surface area contributed by atoms with Crippen LogP contribution in [0.3, 0.4) is 0 Å². The van der Waals surface area contributed by atoms with E-state index in [4.69, 9.17) is 0 Å². The van der Waals surface area contributed by atoms with Gasteiger partial charge in [-0.05, 0) is 44.6 Å². The van der Waals surface area contributed by atoms with E-state index in [1.165, 1.54) is 6.07 Å². The molecule has 7 heteroatoms. The summed E-state index contributed by atoms with van der Waals surface area (Å²) in [4.78, 5) is 20.3. The van der Waals surface area contributed by atoms with Crippen LogP contribution in [0, 0.1) is 11.7 Å². The highest BCUT2D eigenvalue weighted by Crippen LogP contribution is 2.14. The van der Waals surface area contributed by atoms with E-state index < -0.39 is 0 Å². The molecule has 28 heavy (non-hydrogen) atoms. The molecule has 1 heterocycles. The zero-order valence-electron chi connectivity index (χ0n) is 17.8. The predicted molar refractivity (Wildman–Crippen MR) is 112 cm³/mol. The summed E-state index contributed by atoms with van der Waals surface area (Å²) in [7, 11) is 5.60. The first-order valence-corrected chi connectivity index (χ1v) is 9.98. The highest BCUT2D eigenvalue weighted by molar-refractivity contribution is 5.80. The molecule has 1 aromatic rings. The Bertz CT molecular complexity index is 681. The van der Waals surface area contributed by atoms with Crippen molar-refractivity contribution in [3.63, 3.8) is 0 Å². The first-order chi connectivity index (χ1) is 13.3. The molecule has 1 aliphatic rings. The molecule has 0 radical (unpaired) electrons. The van der Waals surface area contributed by atoms with Crippen molar-refractivity contribution in [1.82, 2.24) is 20.4 Å². The number of amides is 1. The van der Waals surface area contributed by atoms with Crippen molar-refractivity contribution in [2.45, 2.75) is 45.8 Å². The Labute approximate surface area is 168 Å². The first-order valence-electron chi connectivity index (χ1n) is 9.98. The second-order valence-electron chi connectivity index (χ2n) is 7.99. The smallest absolute Gasteiger partial charge is 0.225 e. The summed E-state index contributed by atoms with van der Waals surface area (Å²) in [5.41, 5.74) is 1.70. The number of halogens is 1. The Balaban J connectivity index is 1.85. The minimum absolute atomic E-state index is 0.0482. The molecule has 0 aliphatic carbocycles. The summed E-state index contributed by atoms with van der Waals surface area (Å²) < 4.78 is 13.9. The summed E-state index contributed by atoms with van der Waals surface area (Å²) in [5, 5.41) is 6.75. The molecule has 0 saturated carbocycles. The third-order valence-electron chi connectivity index (χ3n) is 4.92. The molecule has 2 N–H and O–H groups in total. The number of nitrogens with one attached hydrogen (secondary N) is 2. The number of carbonyl (C=O) groups is 1. The Morgan fingerprint density at radius 2 is 2.00 bits per heavy atom. The lowest BCUT2D eigenvalue weighted by Gasteiger charge is -2.34. The number of hydrogen-bond acceptors (Lipinski definition) is 3. The molecule has 1 amide bonds. The first kappa shape index (κ1) is 22.1. The summed E-state index contributed by atoms with van der Waals surface area (Å²) in [6.45, 7) is 6.58. The topological polar surface area (TPSA) is 60.0 Å². The van der Waals surface area contributed by atoms with Crippen molar-refractivity contribution in [1.29, 1.82) is 0 Å². The highest BCUT2D eigenvalue weighted by atomic mass is 19.1. The zero-order valence-corrected chi connectivity index (χ0v) is 17.8. The van der Waals surface area contributed by atoms with Gasteiger partial charge < -0.3 is 20.4 Å². The average Bonchev–Trinajstić information content (AvgIpc) is 2.66. The van der Waals surface area contributed by atoms with Gasteiger partial charge >= 0.3 is 0 Å². The van der Waals surface area contributed by atoms with E-state index in [-0.39, 0.29) is 17.6 Å². The van der Waals surface area contributed by atoms with Gasteiger partial charge in [-0.2, -0.15) is 0 Å². The molecule has 0 unspecified atom stereocenters. The van der Waals surface area contributed by atoms with Gasteiger partial charge in [0.2, 0.25) is 5.91 Å². The maximum atomic E-state index is 13.9. The van der Waals surface area contributed by atoms with E-state index in [2.05, 4.69) is 15.6 Å². The van der Waals surface area contributed by atoms with E-state index in [9.17, 15) is 9.18 Å². The fourth-order valence-electron chi connectivity index (χ4n) is 3.38. The molecule has 2 rings (SSSR count). The van der Waals surface area contributed by atoms with Crippen LogP contribution in [0.15, 0.2) is 23.2 Å². The van der Waals surface area contributed by atoms with Gasteiger partial charge in [0, 0.05) is 50.7 Å². The number of piperidine rings is 1. The maximum absolute atomic E-state index is 13.9. The third-order valence-corrected chi connectivity index (χ3v) is 4.92. The summed E-state index contributed by atoms with van der Waals surface area (Å²) in [5.74, 6) is 0.826. The Hall–Kier alpha value is -2.15. The van der Waals surface area contributed by atoms with Gasteiger partial charge in [-0.1, -0.05) is 19.9 Å². The van der Waals surface area contributed by atoms with Crippen molar-refractivity contribution in [2.24, 2.45) is 10.9 Å². The molecule has 0 aromatic heterocycles. The molecular formula is C21H34FN5O. The van der Waals surface area contributed by atoms with Crippen LogP contribution in [0.25, 0.3) is 0 Å².